The first-order valence-electron chi connectivity index (χ1n) is 12.5. The average molecular weight is 636 g/mol. The van der Waals surface area contributed by atoms with E-state index >= 15 is 0 Å². The number of alkyl halides is 1. The third-order valence-corrected chi connectivity index (χ3v) is 6.78. The molecule has 0 aliphatic heterocycles. The van der Waals surface area contributed by atoms with Crippen LogP contribution in [0.2, 0.25) is 0 Å². The van der Waals surface area contributed by atoms with E-state index in [4.69, 9.17) is 9.15 Å². The third-order valence-electron chi connectivity index (χ3n) is 6.24. The Balaban J connectivity index is 1.67. The standard InChI is InChI=1S/C31H29IN2O5/c1-4-16-38-31(37)19(2)34-29(35)24-7-5-6-22(17-24)23-12-13-26-25(18-23)27(30(36)33-3)28(39-26)21-10-8-20(9-11-21)14-15-32/h4-13,17-19H,1,14-16H2,2-3H3,(H,33,36)(H,34,35)/t19-/m0/s1. The molecule has 4 rings (SSSR count). The van der Waals surface area contributed by atoms with Gasteiger partial charge in [-0.3, -0.25) is 9.59 Å². The molecule has 2 N–H and O–H groups in total. The number of halogens is 1. The fourth-order valence-electron chi connectivity index (χ4n) is 4.21. The third kappa shape index (κ3) is 6.39. The lowest BCUT2D eigenvalue weighted by Gasteiger charge is -2.13. The summed E-state index contributed by atoms with van der Waals surface area (Å²) in [7, 11) is 1.59. The molecule has 8 heteroatoms. The van der Waals surface area contributed by atoms with E-state index in [1.165, 1.54) is 11.6 Å². The zero-order valence-electron chi connectivity index (χ0n) is 21.8. The van der Waals surface area contributed by atoms with Gasteiger partial charge < -0.3 is 19.8 Å². The SMILES string of the molecule is C=CCOC(=O)[C@H](C)NC(=O)c1cccc(-c2ccc3oc(-c4ccc(CCI)cc4)c(C(=O)NC)c3c2)c1. The first kappa shape index (κ1) is 28.1. The maximum Gasteiger partial charge on any atom is 0.328 e. The molecule has 0 aliphatic carbocycles. The monoisotopic (exact) mass is 636 g/mol. The van der Waals surface area contributed by atoms with Crippen molar-refractivity contribution >= 4 is 51.3 Å². The number of rotatable bonds is 10. The molecule has 3 aromatic carbocycles. The van der Waals surface area contributed by atoms with Crippen molar-refractivity contribution in [3.05, 3.63) is 96.1 Å². The van der Waals surface area contributed by atoms with Gasteiger partial charge in [-0.25, -0.2) is 4.79 Å². The Hall–Kier alpha value is -3.92. The Morgan fingerprint density at radius 1 is 1.00 bits per heavy atom. The molecule has 4 aromatic rings. The van der Waals surface area contributed by atoms with Crippen LogP contribution in [0.15, 0.2) is 83.8 Å². The number of carbonyl (C=O) groups is 3. The summed E-state index contributed by atoms with van der Waals surface area (Å²) in [6.45, 7) is 5.15. The largest absolute Gasteiger partial charge is 0.460 e. The van der Waals surface area contributed by atoms with Gasteiger partial charge in [-0.15, -0.1) is 0 Å². The van der Waals surface area contributed by atoms with Crippen molar-refractivity contribution in [1.29, 1.82) is 0 Å². The van der Waals surface area contributed by atoms with E-state index in [0.717, 1.165) is 27.5 Å². The summed E-state index contributed by atoms with van der Waals surface area (Å²) in [4.78, 5) is 37.8. The molecule has 0 bridgehead atoms. The van der Waals surface area contributed by atoms with Crippen molar-refractivity contribution in [2.24, 2.45) is 0 Å². The number of carbonyl (C=O) groups excluding carboxylic acids is 3. The van der Waals surface area contributed by atoms with Crippen LogP contribution in [-0.2, 0) is 16.0 Å². The first-order chi connectivity index (χ1) is 18.9. The van der Waals surface area contributed by atoms with Gasteiger partial charge in [-0.1, -0.05) is 77.7 Å². The van der Waals surface area contributed by atoms with Gasteiger partial charge in [0.1, 0.15) is 24.0 Å². The lowest BCUT2D eigenvalue weighted by Crippen LogP contribution is -2.39. The fraction of sp³-hybridized carbons (Fsp3) is 0.194. The second-order valence-corrected chi connectivity index (χ2v) is 10.0. The van der Waals surface area contributed by atoms with Gasteiger partial charge in [0.2, 0.25) is 0 Å². The van der Waals surface area contributed by atoms with Crippen molar-refractivity contribution < 1.29 is 23.5 Å². The number of esters is 1. The smallest absolute Gasteiger partial charge is 0.328 e. The molecule has 0 fully saturated rings. The molecule has 200 valence electrons. The zero-order chi connectivity index (χ0) is 27.9. The van der Waals surface area contributed by atoms with Gasteiger partial charge in [0, 0.05) is 28.0 Å². The summed E-state index contributed by atoms with van der Waals surface area (Å²) in [5.74, 6) is -0.679. The van der Waals surface area contributed by atoms with Crippen molar-refractivity contribution in [3.63, 3.8) is 0 Å². The topological polar surface area (TPSA) is 97.6 Å². The molecule has 0 aliphatic rings. The molecule has 0 spiro atoms. The fourth-order valence-corrected chi connectivity index (χ4v) is 4.83. The van der Waals surface area contributed by atoms with E-state index in [9.17, 15) is 14.4 Å². The summed E-state index contributed by atoms with van der Waals surface area (Å²) in [5, 5.41) is 6.06. The van der Waals surface area contributed by atoms with Crippen molar-refractivity contribution in [3.8, 4) is 22.5 Å². The summed E-state index contributed by atoms with van der Waals surface area (Å²) in [5.41, 5.74) is 5.07. The average Bonchev–Trinajstić information content (AvgIpc) is 3.34. The van der Waals surface area contributed by atoms with Gasteiger partial charge in [0.15, 0.2) is 0 Å². The number of furan rings is 1. The second-order valence-electron chi connectivity index (χ2n) is 8.93. The molecule has 1 atom stereocenters. The molecular weight excluding hydrogens is 607 g/mol. The van der Waals surface area contributed by atoms with Crippen LogP contribution in [0.5, 0.6) is 0 Å². The highest BCUT2D eigenvalue weighted by Crippen LogP contribution is 2.36. The van der Waals surface area contributed by atoms with E-state index in [2.05, 4.69) is 51.9 Å². The Kier molecular flexibility index (Phi) is 9.19. The predicted molar refractivity (Wildman–Crippen MR) is 161 cm³/mol. The lowest BCUT2D eigenvalue weighted by molar-refractivity contribution is -0.144. The molecule has 0 saturated heterocycles. The minimum absolute atomic E-state index is 0.0780. The molecular formula is C31H29IN2O5. The molecule has 0 radical (unpaired) electrons. The minimum atomic E-state index is -0.812. The number of nitrogens with one attached hydrogen (secondary N) is 2. The lowest BCUT2D eigenvalue weighted by atomic mass is 9.98. The summed E-state index contributed by atoms with van der Waals surface area (Å²) in [6, 6.07) is 19.9. The predicted octanol–water partition coefficient (Wildman–Crippen LogP) is 5.95. The maximum atomic E-state index is 13.0. The van der Waals surface area contributed by atoms with Crippen LogP contribution in [0, 0.1) is 0 Å². The number of aryl methyl sites for hydroxylation is 1. The summed E-state index contributed by atoms with van der Waals surface area (Å²) in [6.07, 6.45) is 2.44. The second kappa shape index (κ2) is 12.8. The van der Waals surface area contributed by atoms with Crippen LogP contribution in [0.4, 0.5) is 0 Å². The molecule has 1 heterocycles. The number of ether oxygens (including phenoxy) is 1. The van der Waals surface area contributed by atoms with E-state index < -0.39 is 17.9 Å². The molecule has 0 unspecified atom stereocenters. The highest BCUT2D eigenvalue weighted by molar-refractivity contribution is 14.1. The van der Waals surface area contributed by atoms with E-state index in [1.54, 1.807) is 32.2 Å². The zero-order valence-corrected chi connectivity index (χ0v) is 23.9. The highest BCUT2D eigenvalue weighted by Gasteiger charge is 2.22. The van der Waals surface area contributed by atoms with Crippen molar-refractivity contribution in [2.45, 2.75) is 19.4 Å². The molecule has 0 saturated carbocycles. The Morgan fingerprint density at radius 3 is 2.41 bits per heavy atom. The quantitative estimate of drug-likeness (QED) is 0.0971. The molecule has 39 heavy (non-hydrogen) atoms. The Labute approximate surface area is 240 Å². The van der Waals surface area contributed by atoms with Crippen LogP contribution in [-0.4, -0.2) is 41.9 Å². The number of benzene rings is 3. The molecule has 2 amide bonds. The van der Waals surface area contributed by atoms with Gasteiger partial charge in [-0.05, 0) is 54.3 Å². The van der Waals surface area contributed by atoms with Crippen LogP contribution in [0.3, 0.4) is 0 Å². The minimum Gasteiger partial charge on any atom is -0.460 e. The maximum absolute atomic E-state index is 13.0. The molecule has 7 nitrogen and oxygen atoms in total. The normalized spacial score (nSPS) is 11.6. The van der Waals surface area contributed by atoms with Crippen molar-refractivity contribution in [2.75, 3.05) is 18.1 Å². The van der Waals surface area contributed by atoms with E-state index in [0.29, 0.717) is 27.9 Å². The number of hydrogen-bond donors (Lipinski definition) is 2. The summed E-state index contributed by atoms with van der Waals surface area (Å²) >= 11 is 2.35. The number of hydrogen-bond acceptors (Lipinski definition) is 5. The van der Waals surface area contributed by atoms with Gasteiger partial charge in [0.25, 0.3) is 11.8 Å². The van der Waals surface area contributed by atoms with Crippen LogP contribution < -0.4 is 10.6 Å². The van der Waals surface area contributed by atoms with Crippen LogP contribution in [0.25, 0.3) is 33.4 Å². The van der Waals surface area contributed by atoms with Gasteiger partial charge in [0.05, 0.1) is 5.56 Å². The molecule has 1 aromatic heterocycles. The van der Waals surface area contributed by atoms with Crippen LogP contribution >= 0.6 is 22.6 Å². The van der Waals surface area contributed by atoms with E-state index in [1.807, 2.05) is 36.4 Å². The van der Waals surface area contributed by atoms with Gasteiger partial charge >= 0.3 is 5.97 Å². The van der Waals surface area contributed by atoms with E-state index in [-0.39, 0.29) is 12.5 Å². The summed E-state index contributed by atoms with van der Waals surface area (Å²) < 4.78 is 12.2. The van der Waals surface area contributed by atoms with Crippen LogP contribution in [0.1, 0.15) is 33.2 Å². The number of amides is 2. The first-order valence-corrected chi connectivity index (χ1v) is 14.0. The van der Waals surface area contributed by atoms with Gasteiger partial charge in [-0.2, -0.15) is 0 Å². The Bertz CT molecular complexity index is 1520. The highest BCUT2D eigenvalue weighted by atomic mass is 127. The number of fused-ring (bicyclic) bond motifs is 1. The Morgan fingerprint density at radius 2 is 1.72 bits per heavy atom. The van der Waals surface area contributed by atoms with Crippen molar-refractivity contribution in [1.82, 2.24) is 10.6 Å².